The zero-order valence-electron chi connectivity index (χ0n) is 10.5. The molecule has 0 aliphatic heterocycles. The molecule has 5 nitrogen and oxygen atoms in total. The summed E-state index contributed by atoms with van der Waals surface area (Å²) in [4.78, 5) is 24.0. The summed E-state index contributed by atoms with van der Waals surface area (Å²) in [5.41, 5.74) is 5.20. The summed E-state index contributed by atoms with van der Waals surface area (Å²) in [5.74, 6) is -0.991. The van der Waals surface area contributed by atoms with Crippen LogP contribution in [0, 0.1) is 0 Å². The first-order valence-electron chi connectivity index (χ1n) is 5.47. The Morgan fingerprint density at radius 2 is 1.94 bits per heavy atom. The molecule has 0 rings (SSSR count). The zero-order chi connectivity index (χ0) is 12.9. The fourth-order valence-electron chi connectivity index (χ4n) is 1.59. The highest BCUT2D eigenvalue weighted by molar-refractivity contribution is 5.78. The minimum atomic E-state index is -0.897. The molecule has 94 valence electrons. The van der Waals surface area contributed by atoms with Crippen LogP contribution in [0.2, 0.25) is 0 Å². The Morgan fingerprint density at radius 1 is 1.44 bits per heavy atom. The first-order chi connectivity index (χ1) is 7.17. The summed E-state index contributed by atoms with van der Waals surface area (Å²) < 4.78 is 0. The Morgan fingerprint density at radius 3 is 2.25 bits per heavy atom. The Balaban J connectivity index is 4.48. The van der Waals surface area contributed by atoms with Crippen LogP contribution in [0.5, 0.6) is 0 Å². The molecule has 0 radical (unpaired) electrons. The molecule has 3 N–H and O–H groups in total. The van der Waals surface area contributed by atoms with Crippen LogP contribution in [-0.4, -0.2) is 40.0 Å². The average molecular weight is 230 g/mol. The van der Waals surface area contributed by atoms with Gasteiger partial charge >= 0.3 is 5.97 Å². The van der Waals surface area contributed by atoms with Gasteiger partial charge in [0.2, 0.25) is 5.91 Å². The molecule has 0 bridgehead atoms. The van der Waals surface area contributed by atoms with Crippen molar-refractivity contribution < 1.29 is 14.7 Å². The lowest BCUT2D eigenvalue weighted by Gasteiger charge is -2.30. The van der Waals surface area contributed by atoms with Gasteiger partial charge in [0.1, 0.15) is 0 Å². The van der Waals surface area contributed by atoms with E-state index in [4.69, 9.17) is 10.8 Å². The molecular weight excluding hydrogens is 208 g/mol. The van der Waals surface area contributed by atoms with Crippen molar-refractivity contribution in [3.8, 4) is 0 Å². The smallest absolute Gasteiger partial charge is 0.305 e. The molecule has 1 amide bonds. The van der Waals surface area contributed by atoms with E-state index in [0.717, 1.165) is 0 Å². The summed E-state index contributed by atoms with van der Waals surface area (Å²) >= 11 is 0. The third kappa shape index (κ3) is 5.70. The summed E-state index contributed by atoms with van der Waals surface area (Å²) in [7, 11) is 0. The van der Waals surface area contributed by atoms with Crippen LogP contribution < -0.4 is 5.73 Å². The summed E-state index contributed by atoms with van der Waals surface area (Å²) in [6.45, 7) is 7.63. The van der Waals surface area contributed by atoms with Crippen LogP contribution in [-0.2, 0) is 9.59 Å². The predicted molar refractivity (Wildman–Crippen MR) is 62.0 cm³/mol. The van der Waals surface area contributed by atoms with Crippen molar-refractivity contribution in [2.75, 3.05) is 6.54 Å². The highest BCUT2D eigenvalue weighted by atomic mass is 16.4. The van der Waals surface area contributed by atoms with E-state index >= 15 is 0 Å². The van der Waals surface area contributed by atoms with Gasteiger partial charge in [0.25, 0.3) is 0 Å². The van der Waals surface area contributed by atoms with Crippen LogP contribution in [0.4, 0.5) is 0 Å². The Labute approximate surface area is 96.6 Å². The lowest BCUT2D eigenvalue weighted by Crippen LogP contribution is -2.45. The van der Waals surface area contributed by atoms with Gasteiger partial charge in [-0.2, -0.15) is 0 Å². The zero-order valence-corrected chi connectivity index (χ0v) is 10.5. The number of rotatable bonds is 6. The third-order valence-electron chi connectivity index (χ3n) is 2.27. The molecule has 0 heterocycles. The maximum absolute atomic E-state index is 11.9. The van der Waals surface area contributed by atoms with Crippen LogP contribution >= 0.6 is 0 Å². The fourth-order valence-corrected chi connectivity index (χ4v) is 1.59. The lowest BCUT2D eigenvalue weighted by atomic mass is 10.0. The predicted octanol–water partition coefficient (Wildman–Crippen LogP) is 0.825. The SMILES string of the molecule is CCN(C(=O)CC(C)(C)N)C(C)CC(=O)O. The van der Waals surface area contributed by atoms with Crippen molar-refractivity contribution in [3.63, 3.8) is 0 Å². The molecule has 0 aliphatic rings. The van der Waals surface area contributed by atoms with E-state index in [0.29, 0.717) is 6.54 Å². The molecule has 0 aliphatic carbocycles. The van der Waals surface area contributed by atoms with Crippen molar-refractivity contribution in [1.82, 2.24) is 4.90 Å². The van der Waals surface area contributed by atoms with Crippen LogP contribution in [0.1, 0.15) is 40.5 Å². The molecule has 0 aromatic carbocycles. The third-order valence-corrected chi connectivity index (χ3v) is 2.27. The second kappa shape index (κ2) is 5.84. The second-order valence-electron chi connectivity index (χ2n) is 4.79. The van der Waals surface area contributed by atoms with E-state index in [1.165, 1.54) is 0 Å². The topological polar surface area (TPSA) is 83.6 Å². The number of carbonyl (C=O) groups is 2. The number of aliphatic carboxylic acids is 1. The van der Waals surface area contributed by atoms with Gasteiger partial charge in [-0.25, -0.2) is 0 Å². The molecule has 5 heteroatoms. The average Bonchev–Trinajstić information content (AvgIpc) is 1.99. The van der Waals surface area contributed by atoms with E-state index in [2.05, 4.69) is 0 Å². The summed E-state index contributed by atoms with van der Waals surface area (Å²) in [6.07, 6.45) is 0.190. The minimum absolute atomic E-state index is 0.0371. The van der Waals surface area contributed by atoms with Gasteiger partial charge in [-0.1, -0.05) is 0 Å². The van der Waals surface area contributed by atoms with Gasteiger partial charge in [0.05, 0.1) is 6.42 Å². The van der Waals surface area contributed by atoms with E-state index in [1.54, 1.807) is 25.7 Å². The number of hydrogen-bond acceptors (Lipinski definition) is 3. The normalized spacial score (nSPS) is 13.3. The number of amides is 1. The summed E-state index contributed by atoms with van der Waals surface area (Å²) in [5, 5.41) is 8.68. The highest BCUT2D eigenvalue weighted by Gasteiger charge is 2.24. The maximum atomic E-state index is 11.9. The number of hydrogen-bond donors (Lipinski definition) is 2. The first-order valence-corrected chi connectivity index (χ1v) is 5.47. The number of nitrogens with two attached hydrogens (primary N) is 1. The van der Waals surface area contributed by atoms with Gasteiger partial charge in [-0.15, -0.1) is 0 Å². The van der Waals surface area contributed by atoms with E-state index in [-0.39, 0.29) is 24.8 Å². The standard InChI is InChI=1S/C11H22N2O3/c1-5-13(8(2)6-10(15)16)9(14)7-11(3,4)12/h8H,5-7,12H2,1-4H3,(H,15,16). The number of carboxylic acid groups (broad SMARTS) is 1. The summed E-state index contributed by atoms with van der Waals surface area (Å²) in [6, 6.07) is -0.294. The molecule has 0 fully saturated rings. The molecule has 1 atom stereocenters. The fraction of sp³-hybridized carbons (Fsp3) is 0.818. The number of carbonyl (C=O) groups excluding carboxylic acids is 1. The van der Waals surface area contributed by atoms with Gasteiger partial charge in [-0.3, -0.25) is 9.59 Å². The first kappa shape index (κ1) is 14.9. The second-order valence-corrected chi connectivity index (χ2v) is 4.79. The molecule has 0 spiro atoms. The van der Waals surface area contributed by atoms with Crippen molar-refractivity contribution in [1.29, 1.82) is 0 Å². The van der Waals surface area contributed by atoms with Gasteiger partial charge in [0, 0.05) is 24.5 Å². The van der Waals surface area contributed by atoms with E-state index in [1.807, 2.05) is 6.92 Å². The molecule has 0 saturated carbocycles. The largest absolute Gasteiger partial charge is 0.481 e. The van der Waals surface area contributed by atoms with Crippen molar-refractivity contribution in [3.05, 3.63) is 0 Å². The maximum Gasteiger partial charge on any atom is 0.305 e. The Kier molecular flexibility index (Phi) is 5.44. The van der Waals surface area contributed by atoms with Crippen LogP contribution in [0.25, 0.3) is 0 Å². The quantitative estimate of drug-likeness (QED) is 0.707. The van der Waals surface area contributed by atoms with Gasteiger partial charge in [-0.05, 0) is 27.7 Å². The Hall–Kier alpha value is -1.10. The highest BCUT2D eigenvalue weighted by Crippen LogP contribution is 2.11. The molecule has 0 aromatic heterocycles. The molecule has 16 heavy (non-hydrogen) atoms. The van der Waals surface area contributed by atoms with Crippen LogP contribution in [0.15, 0.2) is 0 Å². The molecule has 1 unspecified atom stereocenters. The van der Waals surface area contributed by atoms with Crippen molar-refractivity contribution in [2.24, 2.45) is 5.73 Å². The van der Waals surface area contributed by atoms with E-state index in [9.17, 15) is 9.59 Å². The lowest BCUT2D eigenvalue weighted by molar-refractivity contribution is -0.140. The minimum Gasteiger partial charge on any atom is -0.481 e. The van der Waals surface area contributed by atoms with Gasteiger partial charge < -0.3 is 15.7 Å². The van der Waals surface area contributed by atoms with Crippen molar-refractivity contribution in [2.45, 2.75) is 52.1 Å². The van der Waals surface area contributed by atoms with Gasteiger partial charge in [0.15, 0.2) is 0 Å². The van der Waals surface area contributed by atoms with Crippen LogP contribution in [0.3, 0.4) is 0 Å². The van der Waals surface area contributed by atoms with E-state index < -0.39 is 11.5 Å². The number of carboxylic acids is 1. The molecule has 0 aromatic rings. The molecular formula is C11H22N2O3. The Bertz CT molecular complexity index is 258. The molecule has 0 saturated heterocycles. The monoisotopic (exact) mass is 230 g/mol. The number of nitrogens with zero attached hydrogens (tertiary/aromatic N) is 1. The van der Waals surface area contributed by atoms with Crippen molar-refractivity contribution >= 4 is 11.9 Å².